The van der Waals surface area contributed by atoms with Crippen LogP contribution in [0.2, 0.25) is 5.02 Å². The van der Waals surface area contributed by atoms with Crippen LogP contribution in [0.5, 0.6) is 0 Å². The number of benzene rings is 1. The molecule has 0 aliphatic rings. The van der Waals surface area contributed by atoms with Gasteiger partial charge in [-0.3, -0.25) is 4.90 Å². The predicted octanol–water partition coefficient (Wildman–Crippen LogP) is 2.41. The molecule has 0 saturated heterocycles. The standard InChI is InChI=1S/C14H23ClN2O2/c1-11(10-19-3)17(6-7-18-2)9-12-4-5-14(16)13(15)8-12/h4-5,8,11H,6-7,9-10,16H2,1-3H3. The predicted molar refractivity (Wildman–Crippen MR) is 79.5 cm³/mol. The topological polar surface area (TPSA) is 47.7 Å². The van der Waals surface area contributed by atoms with Crippen molar-refractivity contribution in [1.29, 1.82) is 0 Å². The Morgan fingerprint density at radius 3 is 2.63 bits per heavy atom. The number of methoxy groups -OCH3 is 2. The van der Waals surface area contributed by atoms with Crippen LogP contribution in [0.25, 0.3) is 0 Å². The summed E-state index contributed by atoms with van der Waals surface area (Å²) in [5.41, 5.74) is 7.47. The fraction of sp³-hybridized carbons (Fsp3) is 0.571. The van der Waals surface area contributed by atoms with E-state index < -0.39 is 0 Å². The van der Waals surface area contributed by atoms with Crippen LogP contribution in [0, 0.1) is 0 Å². The molecule has 0 aliphatic carbocycles. The molecule has 1 aromatic rings. The average molecular weight is 287 g/mol. The molecule has 0 saturated carbocycles. The second-order valence-electron chi connectivity index (χ2n) is 4.62. The third-order valence-electron chi connectivity index (χ3n) is 3.06. The van der Waals surface area contributed by atoms with Crippen molar-refractivity contribution in [3.8, 4) is 0 Å². The van der Waals surface area contributed by atoms with Crippen molar-refractivity contribution in [3.05, 3.63) is 28.8 Å². The van der Waals surface area contributed by atoms with Gasteiger partial charge in [0, 0.05) is 33.4 Å². The molecule has 0 spiro atoms. The van der Waals surface area contributed by atoms with Gasteiger partial charge < -0.3 is 15.2 Å². The molecule has 1 atom stereocenters. The molecule has 19 heavy (non-hydrogen) atoms. The van der Waals surface area contributed by atoms with Gasteiger partial charge in [0.15, 0.2) is 0 Å². The Morgan fingerprint density at radius 1 is 1.32 bits per heavy atom. The van der Waals surface area contributed by atoms with E-state index in [4.69, 9.17) is 26.8 Å². The Labute approximate surface area is 120 Å². The van der Waals surface area contributed by atoms with Crippen molar-refractivity contribution in [2.24, 2.45) is 0 Å². The fourth-order valence-corrected chi connectivity index (χ4v) is 2.12. The third kappa shape index (κ3) is 5.37. The van der Waals surface area contributed by atoms with Gasteiger partial charge in [-0.15, -0.1) is 0 Å². The molecule has 1 aromatic carbocycles. The van der Waals surface area contributed by atoms with Crippen molar-refractivity contribution in [2.45, 2.75) is 19.5 Å². The maximum Gasteiger partial charge on any atom is 0.0638 e. The van der Waals surface area contributed by atoms with Crippen molar-refractivity contribution in [1.82, 2.24) is 4.90 Å². The largest absolute Gasteiger partial charge is 0.398 e. The lowest BCUT2D eigenvalue weighted by Gasteiger charge is -2.28. The molecule has 108 valence electrons. The zero-order valence-corrected chi connectivity index (χ0v) is 12.6. The highest BCUT2D eigenvalue weighted by Crippen LogP contribution is 2.21. The first-order chi connectivity index (χ1) is 9.08. The number of anilines is 1. The summed E-state index contributed by atoms with van der Waals surface area (Å²) in [7, 11) is 3.42. The lowest BCUT2D eigenvalue weighted by atomic mass is 10.1. The first-order valence-corrected chi connectivity index (χ1v) is 6.72. The molecule has 2 N–H and O–H groups in total. The maximum absolute atomic E-state index is 6.05. The number of nitrogens with zero attached hydrogens (tertiary/aromatic N) is 1. The monoisotopic (exact) mass is 286 g/mol. The number of rotatable bonds is 8. The molecule has 1 unspecified atom stereocenters. The Kier molecular flexibility index (Phi) is 7.16. The summed E-state index contributed by atoms with van der Waals surface area (Å²) in [5.74, 6) is 0. The van der Waals surface area contributed by atoms with E-state index in [0.717, 1.165) is 18.7 Å². The number of nitrogen functional groups attached to an aromatic ring is 1. The van der Waals surface area contributed by atoms with Gasteiger partial charge in [0.2, 0.25) is 0 Å². The van der Waals surface area contributed by atoms with Crippen molar-refractivity contribution in [3.63, 3.8) is 0 Å². The lowest BCUT2D eigenvalue weighted by Crippen LogP contribution is -2.38. The van der Waals surface area contributed by atoms with Gasteiger partial charge in [-0.25, -0.2) is 0 Å². The molecule has 0 aromatic heterocycles. The Hall–Kier alpha value is -0.810. The van der Waals surface area contributed by atoms with Crippen LogP contribution in [-0.4, -0.2) is 44.9 Å². The molecule has 0 bridgehead atoms. The van der Waals surface area contributed by atoms with E-state index >= 15 is 0 Å². The van der Waals surface area contributed by atoms with Crippen molar-refractivity contribution < 1.29 is 9.47 Å². The number of hydrogen-bond acceptors (Lipinski definition) is 4. The van der Waals surface area contributed by atoms with E-state index in [0.29, 0.717) is 30.0 Å². The SMILES string of the molecule is COCCN(Cc1ccc(N)c(Cl)c1)C(C)COC. The summed E-state index contributed by atoms with van der Waals surface area (Å²) >= 11 is 6.05. The average Bonchev–Trinajstić information content (AvgIpc) is 2.39. The zero-order chi connectivity index (χ0) is 14.3. The second kappa shape index (κ2) is 8.38. The minimum absolute atomic E-state index is 0.316. The van der Waals surface area contributed by atoms with Crippen LogP contribution in [-0.2, 0) is 16.0 Å². The molecule has 5 heteroatoms. The Morgan fingerprint density at radius 2 is 2.05 bits per heavy atom. The van der Waals surface area contributed by atoms with Crippen LogP contribution in [0.15, 0.2) is 18.2 Å². The number of halogens is 1. The highest BCUT2D eigenvalue weighted by molar-refractivity contribution is 6.33. The summed E-state index contributed by atoms with van der Waals surface area (Å²) in [6.45, 7) is 5.16. The van der Waals surface area contributed by atoms with E-state index in [2.05, 4.69) is 11.8 Å². The molecule has 1 rings (SSSR count). The van der Waals surface area contributed by atoms with Crippen LogP contribution in [0.3, 0.4) is 0 Å². The van der Waals surface area contributed by atoms with E-state index in [1.165, 1.54) is 0 Å². The minimum atomic E-state index is 0.316. The molecule has 0 fully saturated rings. The third-order valence-corrected chi connectivity index (χ3v) is 3.39. The van der Waals surface area contributed by atoms with Crippen LogP contribution < -0.4 is 5.73 Å². The fourth-order valence-electron chi connectivity index (χ4n) is 1.91. The second-order valence-corrected chi connectivity index (χ2v) is 5.03. The highest BCUT2D eigenvalue weighted by Gasteiger charge is 2.14. The van der Waals surface area contributed by atoms with Gasteiger partial charge >= 0.3 is 0 Å². The molecule has 0 heterocycles. The maximum atomic E-state index is 6.05. The van der Waals surface area contributed by atoms with E-state index in [1.807, 2.05) is 18.2 Å². The molecule has 4 nitrogen and oxygen atoms in total. The quantitative estimate of drug-likeness (QED) is 0.746. The van der Waals surface area contributed by atoms with Gasteiger partial charge in [-0.1, -0.05) is 17.7 Å². The molecular weight excluding hydrogens is 264 g/mol. The van der Waals surface area contributed by atoms with Gasteiger partial charge in [0.1, 0.15) is 0 Å². The van der Waals surface area contributed by atoms with Crippen LogP contribution in [0.4, 0.5) is 5.69 Å². The lowest BCUT2D eigenvalue weighted by molar-refractivity contribution is 0.0705. The summed E-state index contributed by atoms with van der Waals surface area (Å²) in [4.78, 5) is 2.30. The molecular formula is C14H23ClN2O2. The highest BCUT2D eigenvalue weighted by atomic mass is 35.5. The smallest absolute Gasteiger partial charge is 0.0638 e. The summed E-state index contributed by atoms with van der Waals surface area (Å²) < 4.78 is 10.4. The van der Waals surface area contributed by atoms with Crippen LogP contribution in [0.1, 0.15) is 12.5 Å². The number of ether oxygens (including phenoxy) is 2. The van der Waals surface area contributed by atoms with E-state index in [9.17, 15) is 0 Å². The minimum Gasteiger partial charge on any atom is -0.398 e. The van der Waals surface area contributed by atoms with Gasteiger partial charge in [-0.05, 0) is 24.6 Å². The first-order valence-electron chi connectivity index (χ1n) is 6.34. The Balaban J connectivity index is 2.71. The van der Waals surface area contributed by atoms with E-state index in [1.54, 1.807) is 14.2 Å². The summed E-state index contributed by atoms with van der Waals surface area (Å²) in [6, 6.07) is 6.07. The van der Waals surface area contributed by atoms with E-state index in [-0.39, 0.29) is 0 Å². The number of nitrogens with two attached hydrogens (primary N) is 1. The summed E-state index contributed by atoms with van der Waals surface area (Å²) in [5, 5.41) is 0.601. The summed E-state index contributed by atoms with van der Waals surface area (Å²) in [6.07, 6.45) is 0. The molecule has 0 aliphatic heterocycles. The van der Waals surface area contributed by atoms with Gasteiger partial charge in [0.05, 0.1) is 23.9 Å². The first kappa shape index (κ1) is 16.2. The number of hydrogen-bond donors (Lipinski definition) is 1. The van der Waals surface area contributed by atoms with Crippen molar-refractivity contribution in [2.75, 3.05) is 39.7 Å². The van der Waals surface area contributed by atoms with Crippen molar-refractivity contribution >= 4 is 17.3 Å². The zero-order valence-electron chi connectivity index (χ0n) is 11.9. The van der Waals surface area contributed by atoms with Crippen LogP contribution >= 0.6 is 11.6 Å². The normalized spacial score (nSPS) is 12.9. The molecule has 0 amide bonds. The molecule has 0 radical (unpaired) electrons. The van der Waals surface area contributed by atoms with Gasteiger partial charge in [0.25, 0.3) is 0 Å². The van der Waals surface area contributed by atoms with Gasteiger partial charge in [-0.2, -0.15) is 0 Å². The Bertz CT molecular complexity index is 388.